The Morgan fingerprint density at radius 1 is 0.568 bits per heavy atom. The molecule has 0 heterocycles. The third kappa shape index (κ3) is 7.57. The minimum atomic E-state index is -1.18. The second kappa shape index (κ2) is 15.3. The quantitative estimate of drug-likeness (QED) is 0.0385. The fourth-order valence-electron chi connectivity index (χ4n) is 5.22. The van der Waals surface area contributed by atoms with E-state index in [9.17, 15) is 9.59 Å². The number of rotatable bonds is 13. The largest absolute Gasteiger partial charge is 0.352 e. The average molecular weight is 581 g/mol. The van der Waals surface area contributed by atoms with E-state index in [-0.39, 0.29) is 5.57 Å². The first-order valence-electron chi connectivity index (χ1n) is 14.9. The fourth-order valence-corrected chi connectivity index (χ4v) is 5.22. The molecule has 0 saturated heterocycles. The zero-order chi connectivity index (χ0) is 30.5. The van der Waals surface area contributed by atoms with E-state index >= 15 is 0 Å². The second-order valence-electron chi connectivity index (χ2n) is 10.5. The summed E-state index contributed by atoms with van der Waals surface area (Å²) in [6.45, 7) is 0.452. The third-order valence-electron chi connectivity index (χ3n) is 7.46. The molecule has 2 N–H and O–H groups in total. The van der Waals surface area contributed by atoms with Crippen molar-refractivity contribution in [2.45, 2.75) is 24.9 Å². The highest BCUT2D eigenvalue weighted by molar-refractivity contribution is 6.21. The van der Waals surface area contributed by atoms with E-state index in [1.54, 1.807) is 6.08 Å². The van der Waals surface area contributed by atoms with Crippen molar-refractivity contribution >= 4 is 17.9 Å². The zero-order valence-electron chi connectivity index (χ0n) is 24.6. The van der Waals surface area contributed by atoms with Crippen LogP contribution < -0.4 is 10.8 Å². The van der Waals surface area contributed by atoms with Crippen molar-refractivity contribution in [2.75, 3.05) is 6.54 Å². The number of carbonyl (C=O) groups excluding carboxylic acids is 2. The Morgan fingerprint density at radius 2 is 1.02 bits per heavy atom. The van der Waals surface area contributed by atoms with E-state index in [0.717, 1.165) is 41.5 Å². The van der Waals surface area contributed by atoms with Gasteiger partial charge in [0.1, 0.15) is 5.57 Å². The molecule has 0 saturated carbocycles. The maximum absolute atomic E-state index is 13.8. The van der Waals surface area contributed by atoms with Gasteiger partial charge in [-0.3, -0.25) is 14.4 Å². The zero-order valence-corrected chi connectivity index (χ0v) is 24.6. The lowest BCUT2D eigenvalue weighted by molar-refractivity contribution is -0.141. The van der Waals surface area contributed by atoms with Gasteiger partial charge < -0.3 is 5.32 Å². The SMILES string of the molecule is O=C(NCCCCc1ccccc1)/C(=C/c1ccccc1)C(=O)NOC(c1ccccc1)(c1ccccc1)c1ccccc1. The van der Waals surface area contributed by atoms with Gasteiger partial charge in [-0.25, -0.2) is 5.48 Å². The van der Waals surface area contributed by atoms with Gasteiger partial charge in [0.15, 0.2) is 5.60 Å². The first-order valence-corrected chi connectivity index (χ1v) is 14.9. The van der Waals surface area contributed by atoms with Crippen LogP contribution in [0.2, 0.25) is 0 Å². The van der Waals surface area contributed by atoms with E-state index in [1.165, 1.54) is 5.56 Å². The van der Waals surface area contributed by atoms with E-state index in [2.05, 4.69) is 22.9 Å². The van der Waals surface area contributed by atoms with Crippen LogP contribution in [-0.2, 0) is 26.4 Å². The Labute approximate surface area is 259 Å². The minimum Gasteiger partial charge on any atom is -0.352 e. The normalized spacial score (nSPS) is 11.5. The highest BCUT2D eigenvalue weighted by Crippen LogP contribution is 2.39. The smallest absolute Gasteiger partial charge is 0.280 e. The summed E-state index contributed by atoms with van der Waals surface area (Å²) < 4.78 is 0. The Hall–Kier alpha value is -5.26. The Balaban J connectivity index is 1.39. The molecule has 5 rings (SSSR count). The van der Waals surface area contributed by atoms with E-state index < -0.39 is 17.4 Å². The van der Waals surface area contributed by atoms with E-state index in [0.29, 0.717) is 6.54 Å². The molecule has 0 atom stereocenters. The van der Waals surface area contributed by atoms with Crippen LogP contribution in [0, 0.1) is 0 Å². The van der Waals surface area contributed by atoms with Crippen molar-refractivity contribution in [1.29, 1.82) is 0 Å². The van der Waals surface area contributed by atoms with Crippen LogP contribution >= 0.6 is 0 Å². The van der Waals surface area contributed by atoms with E-state index in [1.807, 2.05) is 140 Å². The number of hydrogen-bond acceptors (Lipinski definition) is 3. The first-order chi connectivity index (χ1) is 21.7. The molecule has 0 unspecified atom stereocenters. The van der Waals surface area contributed by atoms with Crippen LogP contribution in [0.1, 0.15) is 40.7 Å². The summed E-state index contributed by atoms with van der Waals surface area (Å²) in [4.78, 5) is 33.8. The van der Waals surface area contributed by atoms with Gasteiger partial charge >= 0.3 is 0 Å². The van der Waals surface area contributed by atoms with Crippen molar-refractivity contribution in [3.8, 4) is 0 Å². The summed E-state index contributed by atoms with van der Waals surface area (Å²) in [5.74, 6) is -1.10. The fraction of sp³-hybridized carbons (Fsp3) is 0.128. The highest BCUT2D eigenvalue weighted by Gasteiger charge is 2.39. The molecule has 5 nitrogen and oxygen atoms in total. The number of amides is 2. The molecule has 220 valence electrons. The van der Waals surface area contributed by atoms with Crippen LogP contribution in [0.4, 0.5) is 0 Å². The molecule has 0 aliphatic carbocycles. The van der Waals surface area contributed by atoms with Crippen LogP contribution in [0.3, 0.4) is 0 Å². The van der Waals surface area contributed by atoms with E-state index in [4.69, 9.17) is 4.84 Å². The Kier molecular flexibility index (Phi) is 10.5. The molecule has 0 spiro atoms. The summed E-state index contributed by atoms with van der Waals surface area (Å²) >= 11 is 0. The molecule has 5 heteroatoms. The average Bonchev–Trinajstić information content (AvgIpc) is 3.09. The first kappa shape index (κ1) is 30.2. The van der Waals surface area contributed by atoms with Crippen molar-refractivity contribution in [3.05, 3.63) is 185 Å². The van der Waals surface area contributed by atoms with Crippen molar-refractivity contribution < 1.29 is 14.4 Å². The number of unbranched alkanes of at least 4 members (excludes halogenated alkanes) is 1. The standard InChI is InChI=1S/C39H36N2O3/c42-37(40-29-17-16-20-31-18-6-1-7-19-31)36(30-32-21-8-2-9-22-32)38(43)41-44-39(33-23-10-3-11-24-33,34-25-12-4-13-26-34)35-27-14-5-15-28-35/h1-15,18-19,21-28,30H,16-17,20,29H2,(H,40,42)(H,41,43)/b36-30-. The van der Waals surface area contributed by atoms with Gasteiger partial charge in [-0.2, -0.15) is 0 Å². The van der Waals surface area contributed by atoms with Crippen LogP contribution in [0.25, 0.3) is 6.08 Å². The van der Waals surface area contributed by atoms with Crippen molar-refractivity contribution in [1.82, 2.24) is 10.8 Å². The second-order valence-corrected chi connectivity index (χ2v) is 10.5. The summed E-state index contributed by atoms with van der Waals surface area (Å²) in [6.07, 6.45) is 4.23. The maximum atomic E-state index is 13.8. The monoisotopic (exact) mass is 580 g/mol. The molecule has 2 amide bonds. The van der Waals surface area contributed by atoms with Gasteiger partial charge in [0.05, 0.1) is 0 Å². The number of nitrogens with one attached hydrogen (secondary N) is 2. The number of carbonyl (C=O) groups is 2. The molecule has 44 heavy (non-hydrogen) atoms. The number of hydroxylamine groups is 1. The molecule has 5 aromatic carbocycles. The van der Waals surface area contributed by atoms with Gasteiger partial charge in [0.25, 0.3) is 11.8 Å². The summed E-state index contributed by atoms with van der Waals surface area (Å²) in [5.41, 5.74) is 5.94. The molecule has 0 aliphatic rings. The lowest BCUT2D eigenvalue weighted by atomic mass is 9.80. The predicted octanol–water partition coefficient (Wildman–Crippen LogP) is 7.25. The highest BCUT2D eigenvalue weighted by atomic mass is 16.7. The molecule has 0 fully saturated rings. The topological polar surface area (TPSA) is 67.4 Å². The number of hydrogen-bond donors (Lipinski definition) is 2. The molecule has 5 aromatic rings. The lowest BCUT2D eigenvalue weighted by Gasteiger charge is -2.35. The third-order valence-corrected chi connectivity index (χ3v) is 7.46. The number of benzene rings is 5. The maximum Gasteiger partial charge on any atom is 0.280 e. The molecule has 0 radical (unpaired) electrons. The predicted molar refractivity (Wildman–Crippen MR) is 175 cm³/mol. The van der Waals surface area contributed by atoms with Crippen LogP contribution in [-0.4, -0.2) is 18.4 Å². The molecule has 0 aliphatic heterocycles. The van der Waals surface area contributed by atoms with Gasteiger partial charge in [0.2, 0.25) is 0 Å². The van der Waals surface area contributed by atoms with Gasteiger partial charge in [-0.1, -0.05) is 152 Å². The Morgan fingerprint density at radius 3 is 1.52 bits per heavy atom. The van der Waals surface area contributed by atoms with Crippen LogP contribution in [0.5, 0.6) is 0 Å². The van der Waals surface area contributed by atoms with Gasteiger partial charge in [-0.05, 0) is 53.2 Å². The summed E-state index contributed by atoms with van der Waals surface area (Å²) in [7, 11) is 0. The van der Waals surface area contributed by atoms with Crippen molar-refractivity contribution in [3.63, 3.8) is 0 Å². The molecule has 0 aromatic heterocycles. The lowest BCUT2D eigenvalue weighted by Crippen LogP contribution is -2.42. The molecule has 0 bridgehead atoms. The summed E-state index contributed by atoms with van der Waals surface area (Å²) in [6, 6.07) is 48.8. The summed E-state index contributed by atoms with van der Waals surface area (Å²) in [5, 5.41) is 2.94. The van der Waals surface area contributed by atoms with Gasteiger partial charge in [0, 0.05) is 6.54 Å². The van der Waals surface area contributed by atoms with Crippen LogP contribution in [0.15, 0.2) is 157 Å². The minimum absolute atomic E-state index is 0.0395. The molecular formula is C39H36N2O3. The number of aryl methyl sites for hydroxylation is 1. The van der Waals surface area contributed by atoms with Gasteiger partial charge in [-0.15, -0.1) is 0 Å². The van der Waals surface area contributed by atoms with Crippen molar-refractivity contribution in [2.24, 2.45) is 0 Å². The Bertz CT molecular complexity index is 1540. The molecular weight excluding hydrogens is 544 g/mol.